The Hall–Kier alpha value is -0.230. The molecule has 0 bridgehead atoms. The van der Waals surface area contributed by atoms with Gasteiger partial charge in [0.1, 0.15) is 12.1 Å². The van der Waals surface area contributed by atoms with Gasteiger partial charge in [0.2, 0.25) is 0 Å². The van der Waals surface area contributed by atoms with Gasteiger partial charge in [0, 0.05) is 5.75 Å². The van der Waals surface area contributed by atoms with E-state index in [1.807, 2.05) is 13.8 Å². The van der Waals surface area contributed by atoms with Crippen LogP contribution in [0.5, 0.6) is 0 Å². The van der Waals surface area contributed by atoms with Crippen LogP contribution in [-0.2, 0) is 14.1 Å². The Morgan fingerprint density at radius 2 is 2.12 bits per heavy atom. The molecule has 0 radical (unpaired) electrons. The molecule has 0 aromatic carbocycles. The van der Waals surface area contributed by atoms with E-state index in [1.54, 1.807) is 13.8 Å². The van der Waals surface area contributed by atoms with Gasteiger partial charge in [0.15, 0.2) is 0 Å². The second kappa shape index (κ2) is 7.97. The maximum Gasteiger partial charge on any atom is 0.325 e. The zero-order valence-electron chi connectivity index (χ0n) is 10.5. The number of carbonyl (C=O) groups is 1. The van der Waals surface area contributed by atoms with Crippen molar-refractivity contribution in [1.82, 2.24) is 0 Å². The zero-order chi connectivity index (χ0) is 13.5. The van der Waals surface area contributed by atoms with Crippen molar-refractivity contribution >= 4 is 24.9 Å². The monoisotopic (exact) mass is 282 g/mol. The molecule has 0 aromatic rings. The second-order valence-corrected chi connectivity index (χ2v) is 7.39. The van der Waals surface area contributed by atoms with Gasteiger partial charge in [0.05, 0.1) is 6.10 Å². The molecule has 6 nitrogen and oxygen atoms in total. The number of esters is 1. The molecule has 0 heterocycles. The fourth-order valence-corrected chi connectivity index (χ4v) is 3.04. The lowest BCUT2D eigenvalue weighted by molar-refractivity contribution is -0.148. The van der Waals surface area contributed by atoms with Gasteiger partial charge in [-0.15, -0.1) is 4.91 Å². The van der Waals surface area contributed by atoms with Crippen molar-refractivity contribution in [3.63, 3.8) is 0 Å². The van der Waals surface area contributed by atoms with Crippen LogP contribution in [0.15, 0.2) is 4.95 Å². The van der Waals surface area contributed by atoms with E-state index in [2.05, 4.69) is 4.95 Å². The first-order chi connectivity index (χ1) is 7.77. The molecule has 0 aliphatic rings. The minimum absolute atomic E-state index is 0.0446. The molecule has 0 aliphatic heterocycles. The van der Waals surface area contributed by atoms with Gasteiger partial charge in [-0.25, -0.2) is 0 Å². The van der Waals surface area contributed by atoms with E-state index < -0.39 is 19.0 Å². The summed E-state index contributed by atoms with van der Waals surface area (Å²) in [5.74, 6) is -0.00215. The van der Waals surface area contributed by atoms with Gasteiger partial charge >= 0.3 is 5.97 Å². The first kappa shape index (κ1) is 16.8. The molecule has 0 saturated carbocycles. The van der Waals surface area contributed by atoms with Crippen LogP contribution < -0.4 is 5.73 Å². The van der Waals surface area contributed by atoms with Gasteiger partial charge in [-0.2, -0.15) is 0 Å². The molecule has 1 atom stereocenters. The molecule has 0 saturated heterocycles. The smallest absolute Gasteiger partial charge is 0.325 e. The van der Waals surface area contributed by atoms with E-state index in [1.165, 1.54) is 11.4 Å². The first-order valence-corrected chi connectivity index (χ1v) is 7.97. The highest BCUT2D eigenvalue weighted by atomic mass is 32.7. The predicted molar refractivity (Wildman–Crippen MR) is 70.6 cm³/mol. The molecule has 0 aliphatic carbocycles. The average molecular weight is 282 g/mol. The largest absolute Gasteiger partial charge is 0.463 e. The van der Waals surface area contributed by atoms with Gasteiger partial charge in [-0.3, -0.25) is 4.79 Å². The number of ether oxygens (including phenoxy) is 1. The fourth-order valence-electron chi connectivity index (χ4n) is 0.689. The summed E-state index contributed by atoms with van der Waals surface area (Å²) in [7, 11) is -1.39. The molecule has 0 rings (SSSR count). The maximum atomic E-state index is 11.3. The van der Waals surface area contributed by atoms with E-state index >= 15 is 0 Å². The second-order valence-electron chi connectivity index (χ2n) is 4.16. The highest BCUT2D eigenvalue weighted by molar-refractivity contribution is 8.53. The van der Waals surface area contributed by atoms with E-state index in [0.717, 1.165) is 0 Å². The number of hydrogen-bond acceptors (Lipinski definition) is 7. The van der Waals surface area contributed by atoms with Crippen LogP contribution in [0, 0.1) is 4.91 Å². The Morgan fingerprint density at radius 1 is 1.53 bits per heavy atom. The van der Waals surface area contributed by atoms with Gasteiger partial charge < -0.3 is 15.0 Å². The average Bonchev–Trinajstić information content (AvgIpc) is 2.20. The Bertz CT molecular complexity index is 258. The maximum absolute atomic E-state index is 11.3. The van der Waals surface area contributed by atoms with Crippen molar-refractivity contribution in [2.75, 3.05) is 12.4 Å². The molecule has 17 heavy (non-hydrogen) atoms. The van der Waals surface area contributed by atoms with Gasteiger partial charge in [-0.05, 0) is 32.6 Å². The summed E-state index contributed by atoms with van der Waals surface area (Å²) in [5.41, 5.74) is 4.55. The van der Waals surface area contributed by atoms with Crippen molar-refractivity contribution in [3.05, 3.63) is 4.91 Å². The predicted octanol–water partition coefficient (Wildman–Crippen LogP) is 2.42. The number of nitroso groups, excluding NO2 is 1. The van der Waals surface area contributed by atoms with Crippen molar-refractivity contribution in [3.8, 4) is 0 Å². The molecule has 0 fully saturated rings. The fraction of sp³-hybridized carbons (Fsp3) is 0.889. The lowest BCUT2D eigenvalue weighted by atomic mass is 10.1. The van der Waals surface area contributed by atoms with Crippen molar-refractivity contribution in [2.45, 2.75) is 39.3 Å². The number of carbonyl (C=O) groups excluding carboxylic acids is 1. The summed E-state index contributed by atoms with van der Waals surface area (Å²) in [5, 5.41) is 0. The Balaban J connectivity index is 3.76. The third-order valence-electron chi connectivity index (χ3n) is 1.41. The number of nitrogens with zero attached hydrogens (tertiary/aromatic N) is 1. The van der Waals surface area contributed by atoms with Crippen molar-refractivity contribution < 1.29 is 14.1 Å². The molecule has 1 unspecified atom stereocenters. The summed E-state index contributed by atoms with van der Waals surface area (Å²) >= 11 is 1.25. The zero-order valence-corrected chi connectivity index (χ0v) is 12.2. The molecular weight excluding hydrogens is 263 g/mol. The van der Waals surface area contributed by atoms with Crippen molar-refractivity contribution in [2.24, 2.45) is 10.7 Å². The SMILES string of the molecule is CC(C)OP(N=O)SCCOC(=O)C(C)(C)N. The molecule has 0 amide bonds. The van der Waals surface area contributed by atoms with Crippen LogP contribution in [0.2, 0.25) is 0 Å². The van der Waals surface area contributed by atoms with Crippen LogP contribution >= 0.6 is 18.9 Å². The Morgan fingerprint density at radius 3 is 2.53 bits per heavy atom. The van der Waals surface area contributed by atoms with Crippen LogP contribution in [-0.4, -0.2) is 30.0 Å². The topological polar surface area (TPSA) is 91.0 Å². The first-order valence-electron chi connectivity index (χ1n) is 5.16. The normalized spacial score (nSPS) is 13.5. The number of hydrogen-bond donors (Lipinski definition) is 1. The third-order valence-corrected chi connectivity index (χ3v) is 4.39. The Kier molecular flexibility index (Phi) is 7.87. The lowest BCUT2D eigenvalue weighted by Gasteiger charge is -2.17. The third kappa shape index (κ3) is 8.49. The van der Waals surface area contributed by atoms with E-state index in [-0.39, 0.29) is 12.7 Å². The van der Waals surface area contributed by atoms with Gasteiger partial charge in [0.25, 0.3) is 7.50 Å². The summed E-state index contributed by atoms with van der Waals surface area (Å²) < 4.78 is 10.2. The number of nitrogens with two attached hydrogens (primary N) is 1. The molecule has 100 valence electrons. The Labute approximate surface area is 107 Å². The summed E-state index contributed by atoms with van der Waals surface area (Å²) in [6.45, 7) is 7.00. The lowest BCUT2D eigenvalue weighted by Crippen LogP contribution is -2.43. The molecule has 0 spiro atoms. The van der Waals surface area contributed by atoms with Crippen LogP contribution in [0.25, 0.3) is 0 Å². The quantitative estimate of drug-likeness (QED) is 0.318. The molecular formula is C9H19N2O4PS. The number of rotatable bonds is 8. The van der Waals surface area contributed by atoms with Crippen LogP contribution in [0.4, 0.5) is 0 Å². The molecule has 0 aromatic heterocycles. The van der Waals surface area contributed by atoms with Gasteiger partial charge in [-0.1, -0.05) is 11.4 Å². The van der Waals surface area contributed by atoms with E-state index in [9.17, 15) is 9.70 Å². The highest BCUT2D eigenvalue weighted by Gasteiger charge is 2.23. The molecule has 8 heteroatoms. The summed E-state index contributed by atoms with van der Waals surface area (Å²) in [6.07, 6.45) is -0.0446. The van der Waals surface area contributed by atoms with Crippen molar-refractivity contribution in [1.29, 1.82) is 0 Å². The minimum Gasteiger partial charge on any atom is -0.463 e. The summed E-state index contributed by atoms with van der Waals surface area (Å²) in [4.78, 5) is 24.6. The summed E-state index contributed by atoms with van der Waals surface area (Å²) in [6, 6.07) is 0. The van der Waals surface area contributed by atoms with E-state index in [0.29, 0.717) is 5.75 Å². The highest BCUT2D eigenvalue weighted by Crippen LogP contribution is 2.52. The van der Waals surface area contributed by atoms with E-state index in [4.69, 9.17) is 15.0 Å². The minimum atomic E-state index is -1.39. The van der Waals surface area contributed by atoms with Crippen LogP contribution in [0.1, 0.15) is 27.7 Å². The standard InChI is InChI=1S/C9H19N2O4PS/c1-7(2)15-16(11-13)17-6-5-14-8(12)9(3,4)10/h7H,5-6,10H2,1-4H3. The molecule has 2 N–H and O–H groups in total. The van der Waals surface area contributed by atoms with Crippen LogP contribution in [0.3, 0.4) is 0 Å².